The lowest BCUT2D eigenvalue weighted by atomic mass is 9.98. The van der Waals surface area contributed by atoms with Crippen LogP contribution in [0.15, 0.2) is 16.8 Å². The van der Waals surface area contributed by atoms with Crippen molar-refractivity contribution in [1.29, 1.82) is 0 Å². The lowest BCUT2D eigenvalue weighted by Gasteiger charge is -2.31. The highest BCUT2D eigenvalue weighted by atomic mass is 32.1. The molecule has 1 saturated heterocycles. The number of hydrogen-bond acceptors (Lipinski definition) is 4. The third-order valence-corrected chi connectivity index (χ3v) is 4.26. The van der Waals surface area contributed by atoms with Crippen molar-refractivity contribution < 1.29 is 14.3 Å². The van der Waals surface area contributed by atoms with E-state index in [1.54, 1.807) is 11.3 Å². The van der Waals surface area contributed by atoms with Gasteiger partial charge in [-0.25, -0.2) is 0 Å². The van der Waals surface area contributed by atoms with Crippen LogP contribution >= 0.6 is 11.3 Å². The first-order chi connectivity index (χ1) is 9.70. The Hall–Kier alpha value is -1.36. The Balaban J connectivity index is 1.81. The van der Waals surface area contributed by atoms with Crippen LogP contribution in [0.1, 0.15) is 38.2 Å². The highest BCUT2D eigenvalue weighted by Crippen LogP contribution is 2.19. The molecule has 1 aromatic rings. The summed E-state index contributed by atoms with van der Waals surface area (Å²) < 4.78 is 5.34. The molecule has 5 heteroatoms. The molecule has 0 radical (unpaired) electrons. The van der Waals surface area contributed by atoms with Crippen LogP contribution in [0.5, 0.6) is 0 Å². The lowest BCUT2D eigenvalue weighted by molar-refractivity contribution is -0.153. The van der Waals surface area contributed by atoms with Crippen molar-refractivity contribution >= 4 is 23.2 Å². The van der Waals surface area contributed by atoms with Gasteiger partial charge in [0, 0.05) is 25.1 Å². The Bertz CT molecular complexity index is 444. The minimum Gasteiger partial charge on any atom is -0.461 e. The molecule has 1 atom stereocenters. The zero-order valence-corrected chi connectivity index (χ0v) is 12.7. The van der Waals surface area contributed by atoms with E-state index < -0.39 is 0 Å². The number of rotatable bonds is 5. The second-order valence-electron chi connectivity index (χ2n) is 5.17. The number of ether oxygens (including phenoxy) is 1. The summed E-state index contributed by atoms with van der Waals surface area (Å²) in [4.78, 5) is 25.8. The number of esters is 1. The molecule has 20 heavy (non-hydrogen) atoms. The molecule has 0 N–H and O–H groups in total. The third kappa shape index (κ3) is 4.07. The minimum absolute atomic E-state index is 0.155. The van der Waals surface area contributed by atoms with E-state index in [4.69, 9.17) is 4.74 Å². The quantitative estimate of drug-likeness (QED) is 0.785. The van der Waals surface area contributed by atoms with Gasteiger partial charge in [0.05, 0.1) is 5.92 Å². The summed E-state index contributed by atoms with van der Waals surface area (Å²) in [5.41, 5.74) is 1.03. The van der Waals surface area contributed by atoms with E-state index in [9.17, 15) is 9.59 Å². The van der Waals surface area contributed by atoms with Gasteiger partial charge in [0.15, 0.2) is 0 Å². The first-order valence-corrected chi connectivity index (χ1v) is 8.10. The number of piperidine rings is 1. The molecule has 2 heterocycles. The SMILES string of the molecule is CCCC(=O)N1CCC[C@@H](C(=O)OCc2ccsc2)C1. The van der Waals surface area contributed by atoms with Crippen molar-refractivity contribution in [2.24, 2.45) is 5.92 Å². The highest BCUT2D eigenvalue weighted by Gasteiger charge is 2.29. The molecule has 0 bridgehead atoms. The normalized spacial score (nSPS) is 18.9. The number of nitrogens with zero attached hydrogens (tertiary/aromatic N) is 1. The summed E-state index contributed by atoms with van der Waals surface area (Å²) in [6.07, 6.45) is 3.12. The highest BCUT2D eigenvalue weighted by molar-refractivity contribution is 7.07. The summed E-state index contributed by atoms with van der Waals surface area (Å²) in [5, 5.41) is 3.94. The molecule has 0 aliphatic carbocycles. The van der Waals surface area contributed by atoms with Gasteiger partial charge in [-0.2, -0.15) is 11.3 Å². The molecule has 1 aliphatic heterocycles. The maximum absolute atomic E-state index is 12.1. The number of likely N-dealkylation sites (tertiary alicyclic amines) is 1. The number of amides is 1. The molecule has 110 valence electrons. The van der Waals surface area contributed by atoms with E-state index >= 15 is 0 Å². The van der Waals surface area contributed by atoms with Gasteiger partial charge in [-0.3, -0.25) is 9.59 Å². The van der Waals surface area contributed by atoms with Gasteiger partial charge >= 0.3 is 5.97 Å². The van der Waals surface area contributed by atoms with Crippen LogP contribution in [0.4, 0.5) is 0 Å². The molecule has 0 saturated carbocycles. The summed E-state index contributed by atoms with van der Waals surface area (Å²) >= 11 is 1.59. The monoisotopic (exact) mass is 295 g/mol. The van der Waals surface area contributed by atoms with Gasteiger partial charge in [-0.15, -0.1) is 0 Å². The average molecular weight is 295 g/mol. The van der Waals surface area contributed by atoms with Gasteiger partial charge in [0.25, 0.3) is 0 Å². The Morgan fingerprint density at radius 2 is 2.35 bits per heavy atom. The first-order valence-electron chi connectivity index (χ1n) is 7.16. The van der Waals surface area contributed by atoms with Gasteiger partial charge < -0.3 is 9.64 Å². The Morgan fingerprint density at radius 1 is 1.50 bits per heavy atom. The summed E-state index contributed by atoms with van der Waals surface area (Å²) in [6, 6.07) is 1.95. The fraction of sp³-hybridized carbons (Fsp3) is 0.600. The molecule has 2 rings (SSSR count). The lowest BCUT2D eigenvalue weighted by Crippen LogP contribution is -2.42. The molecule has 0 unspecified atom stereocenters. The van der Waals surface area contributed by atoms with Gasteiger partial charge in [-0.05, 0) is 36.1 Å². The van der Waals surface area contributed by atoms with Crippen LogP contribution in [0.2, 0.25) is 0 Å². The van der Waals surface area contributed by atoms with Crippen molar-refractivity contribution in [3.63, 3.8) is 0 Å². The molecule has 0 spiro atoms. The summed E-state index contributed by atoms with van der Waals surface area (Å²) in [6.45, 7) is 3.62. The standard InChI is InChI=1S/C15H21NO3S/c1-2-4-14(17)16-7-3-5-13(9-16)15(18)19-10-12-6-8-20-11-12/h6,8,11,13H,2-5,7,9-10H2,1H3/t13-/m1/s1. The average Bonchev–Trinajstić information content (AvgIpc) is 2.98. The van der Waals surface area contributed by atoms with E-state index in [0.29, 0.717) is 19.6 Å². The maximum Gasteiger partial charge on any atom is 0.311 e. The number of hydrogen-bond donors (Lipinski definition) is 0. The van der Waals surface area contributed by atoms with Gasteiger partial charge in [-0.1, -0.05) is 6.92 Å². The smallest absolute Gasteiger partial charge is 0.311 e. The molecule has 1 fully saturated rings. The number of carbonyl (C=O) groups excluding carboxylic acids is 2. The van der Waals surface area contributed by atoms with Crippen LogP contribution in [0.25, 0.3) is 0 Å². The fourth-order valence-electron chi connectivity index (χ4n) is 2.42. The molecular formula is C15H21NO3S. The number of thiophene rings is 1. The molecule has 1 amide bonds. The van der Waals surface area contributed by atoms with Crippen molar-refractivity contribution in [1.82, 2.24) is 4.90 Å². The third-order valence-electron chi connectivity index (χ3n) is 3.53. The van der Waals surface area contributed by atoms with Crippen molar-refractivity contribution in [2.75, 3.05) is 13.1 Å². The van der Waals surface area contributed by atoms with Crippen LogP contribution in [0.3, 0.4) is 0 Å². The topological polar surface area (TPSA) is 46.6 Å². The number of carbonyl (C=O) groups is 2. The summed E-state index contributed by atoms with van der Waals surface area (Å²) in [7, 11) is 0. The van der Waals surface area contributed by atoms with Gasteiger partial charge in [0.2, 0.25) is 5.91 Å². The molecular weight excluding hydrogens is 274 g/mol. The van der Waals surface area contributed by atoms with Crippen LogP contribution in [0, 0.1) is 5.92 Å². The predicted octanol–water partition coefficient (Wildman–Crippen LogP) is 2.83. The van der Waals surface area contributed by atoms with E-state index in [0.717, 1.165) is 31.4 Å². The Kier molecular flexibility index (Phi) is 5.59. The van der Waals surface area contributed by atoms with E-state index in [1.165, 1.54) is 0 Å². The second-order valence-corrected chi connectivity index (χ2v) is 5.95. The maximum atomic E-state index is 12.1. The van der Waals surface area contributed by atoms with E-state index in [-0.39, 0.29) is 17.8 Å². The minimum atomic E-state index is -0.176. The zero-order valence-electron chi connectivity index (χ0n) is 11.8. The molecule has 4 nitrogen and oxygen atoms in total. The van der Waals surface area contributed by atoms with Crippen molar-refractivity contribution in [3.05, 3.63) is 22.4 Å². The fourth-order valence-corrected chi connectivity index (χ4v) is 3.07. The van der Waals surface area contributed by atoms with Crippen molar-refractivity contribution in [3.8, 4) is 0 Å². The first kappa shape index (κ1) is 15.0. The summed E-state index contributed by atoms with van der Waals surface area (Å²) in [5.74, 6) is -0.184. The van der Waals surface area contributed by atoms with Gasteiger partial charge in [0.1, 0.15) is 6.61 Å². The van der Waals surface area contributed by atoms with E-state index in [1.807, 2.05) is 28.7 Å². The predicted molar refractivity (Wildman–Crippen MR) is 78.3 cm³/mol. The molecule has 1 aliphatic rings. The Morgan fingerprint density at radius 3 is 3.05 bits per heavy atom. The van der Waals surface area contributed by atoms with Crippen molar-refractivity contribution in [2.45, 2.75) is 39.2 Å². The van der Waals surface area contributed by atoms with Crippen LogP contribution < -0.4 is 0 Å². The zero-order chi connectivity index (χ0) is 14.4. The van der Waals surface area contributed by atoms with Crippen LogP contribution in [-0.4, -0.2) is 29.9 Å². The molecule has 0 aromatic carbocycles. The Labute approximate surface area is 123 Å². The second kappa shape index (κ2) is 7.43. The molecule has 1 aromatic heterocycles. The van der Waals surface area contributed by atoms with E-state index in [2.05, 4.69) is 0 Å². The largest absolute Gasteiger partial charge is 0.461 e. The van der Waals surface area contributed by atoms with Crippen LogP contribution in [-0.2, 0) is 20.9 Å².